The van der Waals surface area contributed by atoms with Gasteiger partial charge in [0, 0.05) is 0 Å². The Morgan fingerprint density at radius 2 is 2.19 bits per heavy atom. The Labute approximate surface area is 101 Å². The van der Waals surface area contributed by atoms with Gasteiger partial charge in [-0.2, -0.15) is 0 Å². The Balaban J connectivity index is 2.77. The van der Waals surface area contributed by atoms with Crippen molar-refractivity contribution in [3.63, 3.8) is 0 Å². The molecule has 0 bridgehead atoms. The molecule has 4 heteroatoms. The fourth-order valence-electron chi connectivity index (χ4n) is 1.37. The number of thiocarbonyl (C=S) groups is 1. The number of rotatable bonds is 6. The van der Waals surface area contributed by atoms with Gasteiger partial charge in [0.15, 0.2) is 11.5 Å². The highest BCUT2D eigenvalue weighted by Crippen LogP contribution is 2.28. The van der Waals surface area contributed by atoms with Gasteiger partial charge < -0.3 is 9.47 Å². The van der Waals surface area contributed by atoms with Gasteiger partial charge in [0.1, 0.15) is 0 Å². The van der Waals surface area contributed by atoms with Crippen LogP contribution in [0.1, 0.15) is 12.5 Å². The highest BCUT2D eigenvalue weighted by molar-refractivity contribution is 7.78. The zero-order valence-corrected chi connectivity index (χ0v) is 10.3. The molecule has 0 atom stereocenters. The molecule has 0 radical (unpaired) electrons. The van der Waals surface area contributed by atoms with E-state index in [2.05, 4.69) is 22.4 Å². The molecule has 0 aliphatic rings. The summed E-state index contributed by atoms with van der Waals surface area (Å²) in [4.78, 5) is 3.87. The van der Waals surface area contributed by atoms with E-state index in [1.807, 2.05) is 25.1 Å². The van der Waals surface area contributed by atoms with E-state index in [9.17, 15) is 0 Å². The molecule has 0 aliphatic carbocycles. The lowest BCUT2D eigenvalue weighted by molar-refractivity contribution is 0.310. The number of methoxy groups -OCH3 is 1. The van der Waals surface area contributed by atoms with Crippen LogP contribution in [0, 0.1) is 0 Å². The zero-order valence-electron chi connectivity index (χ0n) is 9.53. The maximum Gasteiger partial charge on any atom is 0.161 e. The monoisotopic (exact) mass is 237 g/mol. The summed E-state index contributed by atoms with van der Waals surface area (Å²) in [5.41, 5.74) is 1.15. The molecule has 0 unspecified atom stereocenters. The van der Waals surface area contributed by atoms with Crippen molar-refractivity contribution in [3.05, 3.63) is 23.8 Å². The van der Waals surface area contributed by atoms with Gasteiger partial charge in [-0.15, -0.1) is 0 Å². The summed E-state index contributed by atoms with van der Waals surface area (Å²) in [5.74, 6) is 1.53. The smallest absolute Gasteiger partial charge is 0.161 e. The summed E-state index contributed by atoms with van der Waals surface area (Å²) in [5, 5.41) is 2.35. The maximum absolute atomic E-state index is 5.43. The average Bonchev–Trinajstić information content (AvgIpc) is 2.31. The molecule has 0 spiro atoms. The number of nitrogens with zero attached hydrogens (tertiary/aromatic N) is 1. The molecule has 0 saturated carbocycles. The molecular weight excluding hydrogens is 222 g/mol. The quantitative estimate of drug-likeness (QED) is 0.563. The van der Waals surface area contributed by atoms with Crippen molar-refractivity contribution in [2.24, 2.45) is 4.99 Å². The van der Waals surface area contributed by atoms with E-state index in [0.29, 0.717) is 13.2 Å². The van der Waals surface area contributed by atoms with E-state index < -0.39 is 0 Å². The third-order valence-electron chi connectivity index (χ3n) is 2.10. The first-order chi connectivity index (χ1) is 7.81. The maximum atomic E-state index is 5.43. The van der Waals surface area contributed by atoms with Crippen LogP contribution in [0.2, 0.25) is 0 Å². The summed E-state index contributed by atoms with van der Waals surface area (Å²) in [7, 11) is 1.64. The van der Waals surface area contributed by atoms with Crippen molar-refractivity contribution >= 4 is 17.4 Å². The number of hydrogen-bond acceptors (Lipinski definition) is 4. The standard InChI is InChI=1S/C12H15NO2S/c1-3-15-11-5-4-10(6-7-13-9-16)8-12(11)14-2/h4-5,8H,3,6-7H2,1-2H3. The van der Waals surface area contributed by atoms with E-state index in [-0.39, 0.29) is 0 Å². The summed E-state index contributed by atoms with van der Waals surface area (Å²) >= 11 is 4.51. The molecule has 16 heavy (non-hydrogen) atoms. The predicted molar refractivity (Wildman–Crippen MR) is 67.8 cm³/mol. The first-order valence-electron chi connectivity index (χ1n) is 5.15. The van der Waals surface area contributed by atoms with Crippen LogP contribution in [-0.2, 0) is 6.42 Å². The molecule has 0 N–H and O–H groups in total. The second kappa shape index (κ2) is 6.99. The fourth-order valence-corrected chi connectivity index (χ4v) is 1.46. The van der Waals surface area contributed by atoms with Crippen molar-refractivity contribution in [1.82, 2.24) is 0 Å². The van der Waals surface area contributed by atoms with Crippen molar-refractivity contribution in [2.75, 3.05) is 20.3 Å². The summed E-state index contributed by atoms with van der Waals surface area (Å²) < 4.78 is 10.7. The SMILES string of the molecule is CCOc1ccc(CCN=C=S)cc1OC. The molecule has 0 fully saturated rings. The number of hydrogen-bond donors (Lipinski definition) is 0. The molecule has 86 valence electrons. The van der Waals surface area contributed by atoms with Gasteiger partial charge in [-0.3, -0.25) is 0 Å². The normalized spacial score (nSPS) is 9.38. The second-order valence-corrected chi connectivity index (χ2v) is 3.32. The molecule has 1 aromatic rings. The third kappa shape index (κ3) is 3.65. The van der Waals surface area contributed by atoms with Gasteiger partial charge in [0.2, 0.25) is 0 Å². The van der Waals surface area contributed by atoms with Crippen LogP contribution in [0.3, 0.4) is 0 Å². The van der Waals surface area contributed by atoms with Gasteiger partial charge in [-0.05, 0) is 43.3 Å². The first kappa shape index (κ1) is 12.7. The van der Waals surface area contributed by atoms with Crippen molar-refractivity contribution in [2.45, 2.75) is 13.3 Å². The van der Waals surface area contributed by atoms with Gasteiger partial charge in [-0.1, -0.05) is 6.07 Å². The third-order valence-corrected chi connectivity index (χ3v) is 2.23. The van der Waals surface area contributed by atoms with Crippen molar-refractivity contribution in [3.8, 4) is 11.5 Å². The lowest BCUT2D eigenvalue weighted by Crippen LogP contribution is -1.97. The number of benzene rings is 1. The molecular formula is C12H15NO2S. The Bertz CT molecular complexity index is 387. The molecule has 0 saturated heterocycles. The van der Waals surface area contributed by atoms with Crippen molar-refractivity contribution in [1.29, 1.82) is 0 Å². The van der Waals surface area contributed by atoms with Gasteiger partial charge >= 0.3 is 0 Å². The van der Waals surface area contributed by atoms with Crippen LogP contribution in [-0.4, -0.2) is 25.4 Å². The molecule has 1 rings (SSSR count). The highest BCUT2D eigenvalue weighted by atomic mass is 32.1. The lowest BCUT2D eigenvalue weighted by atomic mass is 10.1. The van der Waals surface area contributed by atoms with Crippen LogP contribution in [0.15, 0.2) is 23.2 Å². The minimum atomic E-state index is 0.630. The Kier molecular flexibility index (Phi) is 5.54. The molecule has 3 nitrogen and oxygen atoms in total. The molecule has 0 heterocycles. The molecule has 1 aromatic carbocycles. The topological polar surface area (TPSA) is 30.8 Å². The van der Waals surface area contributed by atoms with E-state index in [0.717, 1.165) is 23.5 Å². The Hall–Kier alpha value is -1.38. The fraction of sp³-hybridized carbons (Fsp3) is 0.417. The van der Waals surface area contributed by atoms with Gasteiger partial charge in [0.05, 0.1) is 25.4 Å². The van der Waals surface area contributed by atoms with Crippen LogP contribution in [0.25, 0.3) is 0 Å². The largest absolute Gasteiger partial charge is 0.493 e. The van der Waals surface area contributed by atoms with E-state index in [1.165, 1.54) is 0 Å². The van der Waals surface area contributed by atoms with E-state index >= 15 is 0 Å². The predicted octanol–water partition coefficient (Wildman–Crippen LogP) is 2.74. The first-order valence-corrected chi connectivity index (χ1v) is 5.56. The van der Waals surface area contributed by atoms with Crippen LogP contribution in [0.4, 0.5) is 0 Å². The Morgan fingerprint density at radius 3 is 2.81 bits per heavy atom. The van der Waals surface area contributed by atoms with Gasteiger partial charge in [-0.25, -0.2) is 4.99 Å². The molecule has 0 amide bonds. The summed E-state index contributed by atoms with van der Waals surface area (Å²) in [6.45, 7) is 3.23. The number of ether oxygens (including phenoxy) is 2. The van der Waals surface area contributed by atoms with Crippen molar-refractivity contribution < 1.29 is 9.47 Å². The Morgan fingerprint density at radius 1 is 1.38 bits per heavy atom. The summed E-state index contributed by atoms with van der Waals surface area (Å²) in [6, 6.07) is 5.88. The number of aliphatic imine (C=N–C) groups is 1. The van der Waals surface area contributed by atoms with Crippen LogP contribution >= 0.6 is 12.2 Å². The molecule has 0 aliphatic heterocycles. The zero-order chi connectivity index (χ0) is 11.8. The summed E-state index contributed by atoms with van der Waals surface area (Å²) in [6.07, 6.45) is 0.826. The van der Waals surface area contributed by atoms with E-state index in [4.69, 9.17) is 9.47 Å². The van der Waals surface area contributed by atoms with E-state index in [1.54, 1.807) is 7.11 Å². The lowest BCUT2D eigenvalue weighted by Gasteiger charge is -2.10. The second-order valence-electron chi connectivity index (χ2n) is 3.14. The number of isothiocyanates is 1. The molecule has 0 aromatic heterocycles. The minimum absolute atomic E-state index is 0.630. The minimum Gasteiger partial charge on any atom is -0.493 e. The van der Waals surface area contributed by atoms with Crippen LogP contribution < -0.4 is 9.47 Å². The average molecular weight is 237 g/mol. The van der Waals surface area contributed by atoms with Crippen LogP contribution in [0.5, 0.6) is 11.5 Å². The van der Waals surface area contributed by atoms with Gasteiger partial charge in [0.25, 0.3) is 0 Å². The highest BCUT2D eigenvalue weighted by Gasteiger charge is 2.04.